The van der Waals surface area contributed by atoms with Gasteiger partial charge in [0.25, 0.3) is 0 Å². The van der Waals surface area contributed by atoms with Gasteiger partial charge in [0.2, 0.25) is 0 Å². The Bertz CT molecular complexity index is 1060. The fourth-order valence-electron chi connectivity index (χ4n) is 4.62. The van der Waals surface area contributed by atoms with Crippen molar-refractivity contribution in [3.63, 3.8) is 0 Å². The van der Waals surface area contributed by atoms with Crippen LogP contribution in [0.4, 0.5) is 0 Å². The average Bonchev–Trinajstić information content (AvgIpc) is 2.89. The van der Waals surface area contributed by atoms with E-state index in [0.717, 1.165) is 34.6 Å². The number of fused-ring (bicyclic) bond motifs is 2. The molecule has 0 N–H and O–H groups in total. The van der Waals surface area contributed by atoms with E-state index >= 15 is 0 Å². The van der Waals surface area contributed by atoms with Crippen LogP contribution in [0, 0.1) is 17.8 Å². The van der Waals surface area contributed by atoms with Crippen molar-refractivity contribution < 1.29 is 52.8 Å². The molecule has 0 amide bonds. The first kappa shape index (κ1) is 26.9. The average molecular weight is 497 g/mol. The summed E-state index contributed by atoms with van der Waals surface area (Å²) in [6.07, 6.45) is 4.20. The van der Waals surface area contributed by atoms with E-state index in [9.17, 15) is 9.46 Å². The zero-order valence-electron chi connectivity index (χ0n) is 19.9. The van der Waals surface area contributed by atoms with Gasteiger partial charge in [0.05, 0.1) is 18.1 Å². The Morgan fingerprint density at radius 2 is 1.88 bits per heavy atom. The van der Waals surface area contributed by atoms with Crippen LogP contribution in [0.15, 0.2) is 52.3 Å². The summed E-state index contributed by atoms with van der Waals surface area (Å²) < 4.78 is 30.1. The Morgan fingerprint density at radius 1 is 1.12 bits per heavy atom. The summed E-state index contributed by atoms with van der Waals surface area (Å²) in [5, 5.41) is 0. The van der Waals surface area contributed by atoms with Crippen molar-refractivity contribution in [1.29, 1.82) is 0 Å². The van der Waals surface area contributed by atoms with Crippen LogP contribution in [0.2, 0.25) is 0 Å². The maximum Gasteiger partial charge on any atom is 1.00 e. The molecule has 0 bridgehead atoms. The molecule has 2 aromatic rings. The molecule has 5 nitrogen and oxygen atoms in total. The second kappa shape index (κ2) is 11.3. The monoisotopic (exact) mass is 496 g/mol. The molecule has 1 aliphatic carbocycles. The van der Waals surface area contributed by atoms with E-state index in [1.54, 1.807) is 13.2 Å². The molecule has 0 spiro atoms. The second-order valence-electron chi connectivity index (χ2n) is 8.99. The molecular formula is C25H30NaO5PS. The van der Waals surface area contributed by atoms with Crippen molar-refractivity contribution in [1.82, 2.24) is 0 Å². The first-order valence-corrected chi connectivity index (χ1v) is 13.4. The first-order valence-electron chi connectivity index (χ1n) is 11.1. The van der Waals surface area contributed by atoms with Gasteiger partial charge >= 0.3 is 37.4 Å². The molecular weight excluding hydrogens is 466 g/mol. The summed E-state index contributed by atoms with van der Waals surface area (Å²) in [6, 6.07) is 13.4. The van der Waals surface area contributed by atoms with Gasteiger partial charge in [-0.05, 0) is 60.4 Å². The molecule has 172 valence electrons. The fraction of sp³-hybridized carbons (Fsp3) is 0.440. The molecule has 1 heterocycles. The Hall–Kier alpha value is -0.720. The number of benzene rings is 2. The van der Waals surface area contributed by atoms with Crippen LogP contribution in [0.1, 0.15) is 51.2 Å². The Labute approximate surface area is 223 Å². The number of phosphoric acid groups is 1. The SMILES string of the molecule is COc1cccc2c1Sc1ccccc1C=C2OP(=O)([O-])O[C@@H]1C[C@H](C)CC[C@H]1C(C)C.[Na+]. The van der Waals surface area contributed by atoms with Gasteiger partial charge in [0.15, 0.2) is 0 Å². The zero-order valence-corrected chi connectivity index (χ0v) is 23.7. The molecule has 1 unspecified atom stereocenters. The molecule has 0 saturated heterocycles. The minimum absolute atomic E-state index is 0. The van der Waals surface area contributed by atoms with E-state index in [1.165, 1.54) is 11.8 Å². The fourth-order valence-corrected chi connectivity index (χ4v) is 6.77. The third kappa shape index (κ3) is 6.29. The predicted octanol–water partition coefficient (Wildman–Crippen LogP) is 3.62. The third-order valence-electron chi connectivity index (χ3n) is 6.32. The molecule has 1 fully saturated rings. The van der Waals surface area contributed by atoms with E-state index in [-0.39, 0.29) is 47.3 Å². The van der Waals surface area contributed by atoms with Crippen molar-refractivity contribution in [3.8, 4) is 5.75 Å². The number of phosphoric ester groups is 1. The number of rotatable bonds is 6. The topological polar surface area (TPSA) is 67.8 Å². The summed E-state index contributed by atoms with van der Waals surface area (Å²) in [6.45, 7) is 6.39. The summed E-state index contributed by atoms with van der Waals surface area (Å²) in [5.41, 5.74) is 1.56. The van der Waals surface area contributed by atoms with Gasteiger partial charge in [-0.25, -0.2) is 0 Å². The number of hydrogen-bond acceptors (Lipinski definition) is 6. The van der Waals surface area contributed by atoms with Crippen molar-refractivity contribution in [3.05, 3.63) is 53.6 Å². The summed E-state index contributed by atoms with van der Waals surface area (Å²) in [7, 11) is -3.01. The molecule has 0 radical (unpaired) electrons. The second-order valence-corrected chi connectivity index (χ2v) is 11.3. The van der Waals surface area contributed by atoms with Gasteiger partial charge in [-0.3, -0.25) is 4.57 Å². The minimum Gasteiger partial charge on any atom is -0.746 e. The van der Waals surface area contributed by atoms with Gasteiger partial charge in [-0.15, -0.1) is 0 Å². The molecule has 2 aromatic carbocycles. The van der Waals surface area contributed by atoms with Gasteiger partial charge in [0, 0.05) is 10.5 Å². The summed E-state index contributed by atoms with van der Waals surface area (Å²) in [5.74, 6) is 1.89. The molecule has 8 heteroatoms. The largest absolute Gasteiger partial charge is 1.00 e. The minimum atomic E-state index is -4.61. The molecule has 4 rings (SSSR count). The van der Waals surface area contributed by atoms with Crippen molar-refractivity contribution in [2.45, 2.75) is 55.9 Å². The molecule has 1 aliphatic heterocycles. The van der Waals surface area contributed by atoms with E-state index < -0.39 is 7.82 Å². The number of ether oxygens (including phenoxy) is 1. The van der Waals surface area contributed by atoms with E-state index in [4.69, 9.17) is 13.8 Å². The van der Waals surface area contributed by atoms with Crippen LogP contribution in [0.5, 0.6) is 5.75 Å². The van der Waals surface area contributed by atoms with Crippen LogP contribution >= 0.6 is 19.6 Å². The summed E-state index contributed by atoms with van der Waals surface area (Å²) in [4.78, 5) is 15.0. The van der Waals surface area contributed by atoms with Crippen molar-refractivity contribution in [2.75, 3.05) is 7.11 Å². The van der Waals surface area contributed by atoms with Crippen LogP contribution in [-0.4, -0.2) is 13.2 Å². The molecule has 4 atom stereocenters. The quantitative estimate of drug-likeness (QED) is 0.450. The smallest absolute Gasteiger partial charge is 0.746 e. The van der Waals surface area contributed by atoms with Crippen LogP contribution < -0.4 is 39.2 Å². The van der Waals surface area contributed by atoms with Crippen molar-refractivity contribution >= 4 is 31.4 Å². The normalized spacial score (nSPS) is 23.8. The Balaban J connectivity index is 0.00000306. The van der Waals surface area contributed by atoms with E-state index in [0.29, 0.717) is 23.1 Å². The van der Waals surface area contributed by atoms with E-state index in [2.05, 4.69) is 20.8 Å². The number of methoxy groups -OCH3 is 1. The maximum absolute atomic E-state index is 13.1. The van der Waals surface area contributed by atoms with Crippen LogP contribution in [0.3, 0.4) is 0 Å². The van der Waals surface area contributed by atoms with Gasteiger partial charge in [-0.2, -0.15) is 0 Å². The van der Waals surface area contributed by atoms with Crippen molar-refractivity contribution in [2.24, 2.45) is 17.8 Å². The standard InChI is InChI=1S/C25H31O5PS.Na/c1-16(2)19-13-12-17(3)14-22(19)29-31(26,27)30-23-15-18-8-5-6-11-24(18)32-25-20(23)9-7-10-21(25)28-4;/h5-11,15-17,19,22H,12-14H2,1-4H3,(H,26,27);/q;+1/p-1/t17-,19+,22-;/m1./s1. The third-order valence-corrected chi connectivity index (χ3v) is 8.48. The van der Waals surface area contributed by atoms with Crippen LogP contribution in [0.25, 0.3) is 11.8 Å². The number of hydrogen-bond donors (Lipinski definition) is 0. The Morgan fingerprint density at radius 3 is 2.61 bits per heavy atom. The molecule has 0 aromatic heterocycles. The maximum atomic E-state index is 13.1. The summed E-state index contributed by atoms with van der Waals surface area (Å²) >= 11 is 1.53. The van der Waals surface area contributed by atoms with E-state index in [1.807, 2.05) is 42.5 Å². The molecule has 2 aliphatic rings. The van der Waals surface area contributed by atoms with Crippen LogP contribution in [-0.2, 0) is 13.6 Å². The Kier molecular flexibility index (Phi) is 9.24. The van der Waals surface area contributed by atoms with Gasteiger partial charge in [-0.1, -0.05) is 63.2 Å². The van der Waals surface area contributed by atoms with Gasteiger partial charge < -0.3 is 18.7 Å². The molecule has 33 heavy (non-hydrogen) atoms. The van der Waals surface area contributed by atoms with Gasteiger partial charge in [0.1, 0.15) is 11.5 Å². The zero-order chi connectivity index (χ0) is 22.9. The predicted molar refractivity (Wildman–Crippen MR) is 126 cm³/mol. The molecule has 1 saturated carbocycles. The first-order chi connectivity index (χ1) is 15.3.